The highest BCUT2D eigenvalue weighted by Crippen LogP contribution is 2.53. The SMILES string of the molecule is CC(C)COC(=O)COC1(c2sccc2Br)CC1. The first-order valence-electron chi connectivity index (χ1n) is 6.06. The van der Waals surface area contributed by atoms with E-state index in [1.807, 2.05) is 25.3 Å². The maximum atomic E-state index is 11.5. The monoisotopic (exact) mass is 332 g/mol. The summed E-state index contributed by atoms with van der Waals surface area (Å²) in [5.41, 5.74) is -0.246. The summed E-state index contributed by atoms with van der Waals surface area (Å²) in [6.45, 7) is 4.52. The minimum Gasteiger partial charge on any atom is -0.464 e. The third-order valence-corrected chi connectivity index (χ3v) is 4.80. The number of hydrogen-bond donors (Lipinski definition) is 0. The van der Waals surface area contributed by atoms with Crippen LogP contribution in [0, 0.1) is 5.92 Å². The summed E-state index contributed by atoms with van der Waals surface area (Å²) in [7, 11) is 0. The van der Waals surface area contributed by atoms with E-state index >= 15 is 0 Å². The van der Waals surface area contributed by atoms with E-state index in [9.17, 15) is 4.79 Å². The predicted molar refractivity (Wildman–Crippen MR) is 74.7 cm³/mol. The maximum Gasteiger partial charge on any atom is 0.332 e. The lowest BCUT2D eigenvalue weighted by molar-refractivity contribution is -0.153. The summed E-state index contributed by atoms with van der Waals surface area (Å²) >= 11 is 5.18. The van der Waals surface area contributed by atoms with Gasteiger partial charge in [0.05, 0.1) is 11.5 Å². The number of rotatable bonds is 6. The smallest absolute Gasteiger partial charge is 0.332 e. The van der Waals surface area contributed by atoms with Crippen molar-refractivity contribution in [1.29, 1.82) is 0 Å². The van der Waals surface area contributed by atoms with Gasteiger partial charge in [0.1, 0.15) is 12.2 Å². The highest BCUT2D eigenvalue weighted by molar-refractivity contribution is 9.10. The molecule has 100 valence electrons. The Balaban J connectivity index is 1.84. The Labute approximate surface area is 120 Å². The van der Waals surface area contributed by atoms with Crippen LogP contribution in [0.4, 0.5) is 0 Å². The van der Waals surface area contributed by atoms with Gasteiger partial charge in [0, 0.05) is 4.47 Å². The van der Waals surface area contributed by atoms with Gasteiger partial charge < -0.3 is 9.47 Å². The van der Waals surface area contributed by atoms with Crippen LogP contribution in [0.15, 0.2) is 15.9 Å². The van der Waals surface area contributed by atoms with Crippen molar-refractivity contribution in [3.05, 3.63) is 20.8 Å². The lowest BCUT2D eigenvalue weighted by Gasteiger charge is -2.15. The molecule has 0 N–H and O–H groups in total. The summed E-state index contributed by atoms with van der Waals surface area (Å²) < 4.78 is 11.9. The van der Waals surface area contributed by atoms with E-state index in [4.69, 9.17) is 9.47 Å². The normalized spacial score (nSPS) is 16.9. The maximum absolute atomic E-state index is 11.5. The van der Waals surface area contributed by atoms with Crippen molar-refractivity contribution in [3.8, 4) is 0 Å². The Morgan fingerprint density at radius 2 is 2.28 bits per heavy atom. The Morgan fingerprint density at radius 3 is 2.78 bits per heavy atom. The molecule has 0 unspecified atom stereocenters. The van der Waals surface area contributed by atoms with Gasteiger partial charge in [-0.2, -0.15) is 0 Å². The molecular formula is C13H17BrO3S. The van der Waals surface area contributed by atoms with Gasteiger partial charge in [-0.05, 0) is 46.1 Å². The second-order valence-electron chi connectivity index (χ2n) is 4.96. The molecule has 2 rings (SSSR count). The molecule has 0 atom stereocenters. The minimum absolute atomic E-state index is 0.0387. The second kappa shape index (κ2) is 5.72. The van der Waals surface area contributed by atoms with Gasteiger partial charge >= 0.3 is 5.97 Å². The molecule has 1 saturated carbocycles. The number of ether oxygens (including phenoxy) is 2. The van der Waals surface area contributed by atoms with E-state index in [0.717, 1.165) is 17.3 Å². The predicted octanol–water partition coefficient (Wildman–Crippen LogP) is 3.72. The van der Waals surface area contributed by atoms with Crippen molar-refractivity contribution in [2.45, 2.75) is 32.3 Å². The number of thiophene rings is 1. The number of halogens is 1. The Kier molecular flexibility index (Phi) is 4.45. The highest BCUT2D eigenvalue weighted by atomic mass is 79.9. The fourth-order valence-electron chi connectivity index (χ4n) is 1.67. The summed E-state index contributed by atoms with van der Waals surface area (Å²) in [4.78, 5) is 12.7. The van der Waals surface area contributed by atoms with Crippen molar-refractivity contribution in [1.82, 2.24) is 0 Å². The van der Waals surface area contributed by atoms with E-state index in [-0.39, 0.29) is 18.2 Å². The fourth-order valence-corrected chi connectivity index (χ4v) is 3.62. The molecule has 5 heteroatoms. The Hall–Kier alpha value is -0.390. The van der Waals surface area contributed by atoms with E-state index in [2.05, 4.69) is 15.9 Å². The summed E-state index contributed by atoms with van der Waals surface area (Å²) in [6, 6.07) is 2.01. The molecule has 0 bridgehead atoms. The molecule has 0 amide bonds. The molecule has 1 fully saturated rings. The lowest BCUT2D eigenvalue weighted by atomic mass is 10.2. The molecular weight excluding hydrogens is 316 g/mol. The van der Waals surface area contributed by atoms with Crippen molar-refractivity contribution < 1.29 is 14.3 Å². The van der Waals surface area contributed by atoms with E-state index in [0.29, 0.717) is 12.5 Å². The molecule has 1 aliphatic rings. The number of esters is 1. The molecule has 0 spiro atoms. The summed E-state index contributed by atoms with van der Waals surface area (Å²) in [6.07, 6.45) is 1.95. The van der Waals surface area contributed by atoms with Gasteiger partial charge in [-0.25, -0.2) is 4.79 Å². The number of carbonyl (C=O) groups is 1. The van der Waals surface area contributed by atoms with Gasteiger partial charge in [0.2, 0.25) is 0 Å². The second-order valence-corrected chi connectivity index (χ2v) is 6.73. The van der Waals surface area contributed by atoms with Gasteiger partial charge in [0.25, 0.3) is 0 Å². The largest absolute Gasteiger partial charge is 0.464 e. The van der Waals surface area contributed by atoms with Gasteiger partial charge in [-0.15, -0.1) is 11.3 Å². The van der Waals surface area contributed by atoms with Crippen LogP contribution in [-0.4, -0.2) is 19.2 Å². The van der Waals surface area contributed by atoms with Gasteiger partial charge in [-0.3, -0.25) is 0 Å². The molecule has 0 saturated heterocycles. The Morgan fingerprint density at radius 1 is 1.56 bits per heavy atom. The number of hydrogen-bond acceptors (Lipinski definition) is 4. The van der Waals surface area contributed by atoms with Crippen molar-refractivity contribution in [2.24, 2.45) is 5.92 Å². The molecule has 3 nitrogen and oxygen atoms in total. The van der Waals surface area contributed by atoms with E-state index < -0.39 is 0 Å². The highest BCUT2D eigenvalue weighted by Gasteiger charge is 2.48. The van der Waals surface area contributed by atoms with Crippen LogP contribution in [0.5, 0.6) is 0 Å². The average molecular weight is 333 g/mol. The minimum atomic E-state index is -0.275. The topological polar surface area (TPSA) is 35.5 Å². The van der Waals surface area contributed by atoms with Crippen LogP contribution in [-0.2, 0) is 19.9 Å². The van der Waals surface area contributed by atoms with Gasteiger partial charge in [-0.1, -0.05) is 13.8 Å². The molecule has 1 aliphatic carbocycles. The van der Waals surface area contributed by atoms with Crippen LogP contribution < -0.4 is 0 Å². The average Bonchev–Trinajstić information content (AvgIpc) is 2.99. The fraction of sp³-hybridized carbons (Fsp3) is 0.615. The first kappa shape index (κ1) is 14.0. The van der Waals surface area contributed by atoms with E-state index in [1.54, 1.807) is 11.3 Å². The Bertz CT molecular complexity index is 424. The third kappa shape index (κ3) is 3.33. The first-order chi connectivity index (χ1) is 8.53. The van der Waals surface area contributed by atoms with Crippen LogP contribution in [0.3, 0.4) is 0 Å². The zero-order chi connectivity index (χ0) is 13.2. The number of carbonyl (C=O) groups excluding carboxylic acids is 1. The van der Waals surface area contributed by atoms with Crippen molar-refractivity contribution in [2.75, 3.05) is 13.2 Å². The molecule has 1 aromatic rings. The standard InChI is InChI=1S/C13H17BrO3S/c1-9(2)7-16-11(15)8-17-13(4-5-13)12-10(14)3-6-18-12/h3,6,9H,4-5,7-8H2,1-2H3. The zero-order valence-corrected chi connectivity index (χ0v) is 13.0. The molecule has 1 aromatic heterocycles. The van der Waals surface area contributed by atoms with Crippen LogP contribution >= 0.6 is 27.3 Å². The molecule has 0 radical (unpaired) electrons. The lowest BCUT2D eigenvalue weighted by Crippen LogP contribution is -2.20. The summed E-state index contributed by atoms with van der Waals surface area (Å²) in [5.74, 6) is 0.0814. The van der Waals surface area contributed by atoms with Crippen LogP contribution in [0.1, 0.15) is 31.6 Å². The first-order valence-corrected chi connectivity index (χ1v) is 7.74. The zero-order valence-electron chi connectivity index (χ0n) is 10.6. The quantitative estimate of drug-likeness (QED) is 0.745. The summed E-state index contributed by atoms with van der Waals surface area (Å²) in [5, 5.41) is 2.03. The third-order valence-electron chi connectivity index (χ3n) is 2.78. The van der Waals surface area contributed by atoms with Gasteiger partial charge in [0.15, 0.2) is 0 Å². The van der Waals surface area contributed by atoms with Crippen molar-refractivity contribution >= 4 is 33.2 Å². The molecule has 0 aliphatic heterocycles. The molecule has 0 aromatic carbocycles. The molecule has 1 heterocycles. The molecule has 18 heavy (non-hydrogen) atoms. The van der Waals surface area contributed by atoms with E-state index in [1.165, 1.54) is 4.88 Å². The van der Waals surface area contributed by atoms with Crippen molar-refractivity contribution in [3.63, 3.8) is 0 Å². The van der Waals surface area contributed by atoms with Crippen LogP contribution in [0.25, 0.3) is 0 Å². The van der Waals surface area contributed by atoms with Crippen LogP contribution in [0.2, 0.25) is 0 Å².